The lowest BCUT2D eigenvalue weighted by Gasteiger charge is -2.24. The summed E-state index contributed by atoms with van der Waals surface area (Å²) in [5.74, 6) is -2.27. The van der Waals surface area contributed by atoms with Gasteiger partial charge >= 0.3 is 0 Å². The molecule has 45 heavy (non-hydrogen) atoms. The summed E-state index contributed by atoms with van der Waals surface area (Å²) in [6.07, 6.45) is 3.93. The van der Waals surface area contributed by atoms with Gasteiger partial charge in [-0.15, -0.1) is 11.3 Å². The summed E-state index contributed by atoms with van der Waals surface area (Å²) in [5.41, 5.74) is 9.52. The second kappa shape index (κ2) is 13.0. The van der Waals surface area contributed by atoms with Crippen molar-refractivity contribution in [2.45, 2.75) is 31.3 Å². The Morgan fingerprint density at radius 3 is 2.49 bits per heavy atom. The molecular formula is C32H33N7O5S. The summed E-state index contributed by atoms with van der Waals surface area (Å²) in [6.45, 7) is 1.43. The molecule has 4 heterocycles. The van der Waals surface area contributed by atoms with Gasteiger partial charge in [0.25, 0.3) is 5.91 Å². The van der Waals surface area contributed by atoms with Crippen LogP contribution in [-0.4, -0.2) is 76.4 Å². The highest BCUT2D eigenvalue weighted by atomic mass is 32.1. The van der Waals surface area contributed by atoms with Crippen LogP contribution in [0, 0.1) is 5.41 Å². The Morgan fingerprint density at radius 1 is 1.02 bits per heavy atom. The summed E-state index contributed by atoms with van der Waals surface area (Å²) >= 11 is 1.38. The van der Waals surface area contributed by atoms with Crippen LogP contribution in [-0.2, 0) is 32.2 Å². The summed E-state index contributed by atoms with van der Waals surface area (Å²) in [7, 11) is 0. The zero-order valence-electron chi connectivity index (χ0n) is 24.4. The topological polar surface area (TPSA) is 165 Å². The van der Waals surface area contributed by atoms with Crippen LogP contribution < -0.4 is 16.4 Å². The molecule has 2 aromatic heterocycles. The number of rotatable bonds is 10. The molecule has 232 valence electrons. The zero-order chi connectivity index (χ0) is 31.4. The summed E-state index contributed by atoms with van der Waals surface area (Å²) < 4.78 is 13.5. The van der Waals surface area contributed by atoms with E-state index in [1.54, 1.807) is 29.8 Å². The van der Waals surface area contributed by atoms with Crippen LogP contribution >= 0.6 is 11.3 Å². The van der Waals surface area contributed by atoms with Gasteiger partial charge in [0.2, 0.25) is 11.8 Å². The number of nitrogens with one attached hydrogen (secondary N) is 3. The average molecular weight is 628 g/mol. The van der Waals surface area contributed by atoms with E-state index in [4.69, 9.17) is 20.6 Å². The fourth-order valence-corrected chi connectivity index (χ4v) is 6.32. The van der Waals surface area contributed by atoms with Gasteiger partial charge in [0.15, 0.2) is 5.79 Å². The molecule has 2 saturated heterocycles. The SMILES string of the molecule is N=C(N)c1csc(CNC(=O)C2CC3(CN2C(=O)CNC(=O)c2ccc(-c4cnn(Cc5ccccc5)c4)cc2)OCCO3)c1. The van der Waals surface area contributed by atoms with Gasteiger partial charge in [-0.05, 0) is 29.3 Å². The first-order valence-electron chi connectivity index (χ1n) is 14.5. The number of nitrogen functional groups attached to an aromatic ring is 1. The van der Waals surface area contributed by atoms with Gasteiger partial charge in [-0.2, -0.15) is 5.10 Å². The van der Waals surface area contributed by atoms with Crippen molar-refractivity contribution >= 4 is 34.9 Å². The molecule has 0 aliphatic carbocycles. The molecule has 13 heteroatoms. The molecule has 0 bridgehead atoms. The van der Waals surface area contributed by atoms with Gasteiger partial charge in [0, 0.05) is 39.6 Å². The van der Waals surface area contributed by atoms with E-state index >= 15 is 0 Å². The third-order valence-electron chi connectivity index (χ3n) is 7.83. The molecule has 1 atom stereocenters. The number of hydrogen-bond acceptors (Lipinski definition) is 8. The number of thiophene rings is 1. The van der Waals surface area contributed by atoms with Gasteiger partial charge in [-0.1, -0.05) is 42.5 Å². The van der Waals surface area contributed by atoms with Crippen LogP contribution in [0.25, 0.3) is 11.1 Å². The molecular weight excluding hydrogens is 594 g/mol. The largest absolute Gasteiger partial charge is 0.384 e. The van der Waals surface area contributed by atoms with Gasteiger partial charge in [0.05, 0.1) is 45.6 Å². The predicted molar refractivity (Wildman–Crippen MR) is 167 cm³/mol. The standard InChI is InChI=1S/C32H33N7O5S/c33-29(34)24-12-26(45-19-24)15-35-31(42)27-13-32(43-10-11-44-32)20-39(27)28(40)16-36-30(41)23-8-6-22(7-9-23)25-14-37-38(18-25)17-21-4-2-1-3-5-21/h1-9,12,14,18-19,27H,10-11,13,15-17,20H2,(H3,33,34)(H,35,42)(H,36,41). The lowest BCUT2D eigenvalue weighted by molar-refractivity contribution is -0.152. The molecule has 2 fully saturated rings. The molecule has 0 saturated carbocycles. The normalized spacial score (nSPS) is 17.0. The molecule has 5 N–H and O–H groups in total. The minimum absolute atomic E-state index is 0.0432. The second-order valence-corrected chi connectivity index (χ2v) is 12.0. The average Bonchev–Trinajstić information content (AvgIpc) is 3.87. The number of amidine groups is 1. The number of hydrogen-bond donors (Lipinski definition) is 4. The Hall–Kier alpha value is -4.85. The molecule has 1 spiro atoms. The first kappa shape index (κ1) is 30.2. The monoisotopic (exact) mass is 627 g/mol. The van der Waals surface area contributed by atoms with Crippen molar-refractivity contribution in [3.05, 3.63) is 100 Å². The van der Waals surface area contributed by atoms with Crippen LogP contribution in [0.1, 0.15) is 32.8 Å². The Bertz CT molecular complexity index is 1700. The number of aromatic nitrogens is 2. The highest BCUT2D eigenvalue weighted by Crippen LogP contribution is 2.35. The predicted octanol–water partition coefficient (Wildman–Crippen LogP) is 2.33. The van der Waals surface area contributed by atoms with Gasteiger partial charge in [-0.3, -0.25) is 24.5 Å². The summed E-state index contributed by atoms with van der Waals surface area (Å²) in [5, 5.41) is 19.3. The van der Waals surface area contributed by atoms with Crippen molar-refractivity contribution < 1.29 is 23.9 Å². The maximum absolute atomic E-state index is 13.3. The Balaban J connectivity index is 1.05. The Kier molecular flexibility index (Phi) is 8.74. The van der Waals surface area contributed by atoms with Crippen LogP contribution in [0.5, 0.6) is 0 Å². The molecule has 2 aliphatic heterocycles. The maximum atomic E-state index is 13.3. The van der Waals surface area contributed by atoms with Crippen molar-refractivity contribution in [2.24, 2.45) is 5.73 Å². The van der Waals surface area contributed by atoms with Crippen LogP contribution in [0.4, 0.5) is 0 Å². The van der Waals surface area contributed by atoms with E-state index in [1.165, 1.54) is 16.2 Å². The highest BCUT2D eigenvalue weighted by Gasteiger charge is 2.52. The molecule has 2 aliphatic rings. The minimum atomic E-state index is -1.04. The fraction of sp³-hybridized carbons (Fsp3) is 0.281. The molecule has 6 rings (SSSR count). The first-order chi connectivity index (χ1) is 21.8. The third kappa shape index (κ3) is 6.95. The Morgan fingerprint density at radius 2 is 1.78 bits per heavy atom. The van der Waals surface area contributed by atoms with Crippen molar-refractivity contribution in [3.8, 4) is 11.1 Å². The van der Waals surface area contributed by atoms with Crippen molar-refractivity contribution in [1.29, 1.82) is 5.41 Å². The summed E-state index contributed by atoms with van der Waals surface area (Å²) in [4.78, 5) is 41.8. The maximum Gasteiger partial charge on any atom is 0.251 e. The van der Waals surface area contributed by atoms with Crippen LogP contribution in [0.15, 0.2) is 78.4 Å². The highest BCUT2D eigenvalue weighted by molar-refractivity contribution is 7.10. The second-order valence-electron chi connectivity index (χ2n) is 11.0. The van der Waals surface area contributed by atoms with Crippen molar-refractivity contribution in [3.63, 3.8) is 0 Å². The lowest BCUT2D eigenvalue weighted by Crippen LogP contribution is -2.49. The molecule has 0 radical (unpaired) electrons. The van der Waals surface area contributed by atoms with E-state index < -0.39 is 23.6 Å². The fourth-order valence-electron chi connectivity index (χ4n) is 5.49. The van der Waals surface area contributed by atoms with Crippen LogP contribution in [0.3, 0.4) is 0 Å². The van der Waals surface area contributed by atoms with E-state index in [1.807, 2.05) is 53.3 Å². The number of nitrogens with zero attached hydrogens (tertiary/aromatic N) is 3. The first-order valence-corrected chi connectivity index (χ1v) is 15.4. The van der Waals surface area contributed by atoms with E-state index in [2.05, 4.69) is 15.7 Å². The number of carbonyl (C=O) groups excluding carboxylic acids is 3. The minimum Gasteiger partial charge on any atom is -0.384 e. The van der Waals surface area contributed by atoms with Crippen molar-refractivity contribution in [1.82, 2.24) is 25.3 Å². The molecule has 2 aromatic carbocycles. The molecule has 1 unspecified atom stereocenters. The molecule has 12 nitrogen and oxygen atoms in total. The van der Waals surface area contributed by atoms with E-state index in [9.17, 15) is 14.4 Å². The molecule has 4 aromatic rings. The third-order valence-corrected chi connectivity index (χ3v) is 8.77. The molecule has 3 amide bonds. The van der Waals surface area contributed by atoms with Gasteiger partial charge < -0.3 is 30.7 Å². The zero-order valence-corrected chi connectivity index (χ0v) is 25.2. The van der Waals surface area contributed by atoms with E-state index in [0.29, 0.717) is 30.9 Å². The number of carbonyl (C=O) groups is 3. The number of likely N-dealkylation sites (tertiary alicyclic amines) is 1. The number of nitrogens with two attached hydrogens (primary N) is 1. The number of ether oxygens (including phenoxy) is 2. The Labute approximate surface area is 263 Å². The van der Waals surface area contributed by atoms with Gasteiger partial charge in [0.1, 0.15) is 11.9 Å². The smallest absolute Gasteiger partial charge is 0.251 e. The van der Waals surface area contributed by atoms with Crippen molar-refractivity contribution in [2.75, 3.05) is 26.3 Å². The van der Waals surface area contributed by atoms with Crippen LogP contribution in [0.2, 0.25) is 0 Å². The lowest BCUT2D eigenvalue weighted by atomic mass is 10.1. The van der Waals surface area contributed by atoms with E-state index in [-0.39, 0.29) is 37.8 Å². The number of amides is 3. The van der Waals surface area contributed by atoms with Gasteiger partial charge in [-0.25, -0.2) is 0 Å². The quantitative estimate of drug-likeness (QED) is 0.155. The summed E-state index contributed by atoms with van der Waals surface area (Å²) in [6, 6.07) is 18.1. The van der Waals surface area contributed by atoms with E-state index in [0.717, 1.165) is 21.6 Å². The number of benzene rings is 2.